The minimum Gasteiger partial charge on any atom is -0.318 e. The van der Waals surface area contributed by atoms with Crippen molar-refractivity contribution in [1.82, 2.24) is 0 Å². The number of rotatable bonds is 3. The Bertz CT molecular complexity index is 162. The van der Waals surface area contributed by atoms with Crippen LogP contribution in [-0.4, -0.2) is 19.5 Å². The van der Waals surface area contributed by atoms with Crippen LogP contribution in [0.5, 0.6) is 0 Å². The first-order valence-electron chi connectivity index (χ1n) is 2.96. The molecule has 9 heavy (non-hydrogen) atoms. The Hall–Kier alpha value is -0.0900. The topological polar surface area (TPSA) is 60.2 Å². The van der Waals surface area contributed by atoms with Crippen LogP contribution in [0.1, 0.15) is 20.3 Å². The summed E-state index contributed by atoms with van der Waals surface area (Å²) in [5, 5.41) is -0.289. The van der Waals surface area contributed by atoms with Gasteiger partial charge >= 0.3 is 0 Å². The second-order valence-corrected chi connectivity index (χ2v) is 4.51. The van der Waals surface area contributed by atoms with E-state index in [0.717, 1.165) is 0 Å². The molecule has 3 nitrogen and oxygen atoms in total. The summed E-state index contributed by atoms with van der Waals surface area (Å²) >= 11 is 0. The van der Waals surface area contributed by atoms with E-state index in [1.807, 2.05) is 6.92 Å². The fourth-order valence-corrected chi connectivity index (χ4v) is 1.25. The molecule has 0 aliphatic carbocycles. The zero-order valence-electron chi connectivity index (χ0n) is 5.79. The Labute approximate surface area is 56.2 Å². The molecule has 0 rings (SSSR count). The van der Waals surface area contributed by atoms with E-state index >= 15 is 0 Å². The van der Waals surface area contributed by atoms with Gasteiger partial charge in [-0.1, -0.05) is 6.92 Å². The van der Waals surface area contributed by atoms with Crippen molar-refractivity contribution < 1.29 is 8.42 Å². The normalized spacial score (nSPS) is 15.4. The lowest BCUT2D eigenvalue weighted by atomic mass is 10.4. The Morgan fingerprint density at radius 1 is 1.56 bits per heavy atom. The smallest absolute Gasteiger partial charge is 0.165 e. The van der Waals surface area contributed by atoms with Gasteiger partial charge < -0.3 is 5.73 Å². The van der Waals surface area contributed by atoms with Crippen molar-refractivity contribution in [2.45, 2.75) is 25.5 Å². The average Bonchev–Trinajstić information content (AvgIpc) is 1.86. The molecule has 0 heterocycles. The number of hydrogen-bond acceptors (Lipinski definition) is 3. The van der Waals surface area contributed by atoms with E-state index in [1.54, 1.807) is 6.92 Å². The maximum Gasteiger partial charge on any atom is 0.165 e. The van der Waals surface area contributed by atoms with Crippen molar-refractivity contribution in [2.75, 3.05) is 5.88 Å². The number of nitrogens with two attached hydrogens (primary N) is 1. The number of sulfone groups is 1. The lowest BCUT2D eigenvalue weighted by Gasteiger charge is -2.06. The summed E-state index contributed by atoms with van der Waals surface area (Å²) in [5.41, 5.74) is 4.99. The zero-order valence-corrected chi connectivity index (χ0v) is 6.61. The largest absolute Gasteiger partial charge is 0.318 e. The van der Waals surface area contributed by atoms with E-state index in [0.29, 0.717) is 6.42 Å². The van der Waals surface area contributed by atoms with Gasteiger partial charge in [-0.15, -0.1) is 0 Å². The highest BCUT2D eigenvalue weighted by Gasteiger charge is 2.15. The van der Waals surface area contributed by atoms with Crippen LogP contribution in [0.25, 0.3) is 0 Å². The van der Waals surface area contributed by atoms with Crippen LogP contribution in [0.4, 0.5) is 0 Å². The van der Waals surface area contributed by atoms with Crippen molar-refractivity contribution in [1.29, 1.82) is 0 Å². The molecular weight excluding hydrogens is 138 g/mol. The zero-order chi connectivity index (χ0) is 7.49. The first kappa shape index (κ1) is 8.91. The van der Waals surface area contributed by atoms with E-state index in [2.05, 4.69) is 0 Å². The van der Waals surface area contributed by atoms with Gasteiger partial charge in [-0.3, -0.25) is 0 Å². The van der Waals surface area contributed by atoms with Gasteiger partial charge in [0.1, 0.15) is 0 Å². The molecule has 0 aromatic carbocycles. The van der Waals surface area contributed by atoms with Crippen LogP contribution in [0, 0.1) is 0 Å². The van der Waals surface area contributed by atoms with E-state index in [-0.39, 0.29) is 11.1 Å². The summed E-state index contributed by atoms with van der Waals surface area (Å²) < 4.78 is 21.6. The van der Waals surface area contributed by atoms with Crippen molar-refractivity contribution in [3.63, 3.8) is 0 Å². The third-order valence-corrected chi connectivity index (χ3v) is 3.44. The minimum atomic E-state index is -2.97. The van der Waals surface area contributed by atoms with Gasteiger partial charge in [0, 0.05) is 0 Å². The lowest BCUT2D eigenvalue weighted by molar-refractivity contribution is 0.581. The predicted octanol–water partition coefficient (Wildman–Crippen LogP) is 0.116. The molecule has 0 aromatic heterocycles. The fourth-order valence-electron chi connectivity index (χ4n) is 0.418. The van der Waals surface area contributed by atoms with Gasteiger partial charge in [0.05, 0.1) is 11.1 Å². The standard InChI is InChI=1S/C5H13NO2S/c1-3-5(2)9(7,8)4-6/h5H,3-4,6H2,1-2H3. The van der Waals surface area contributed by atoms with Gasteiger partial charge in [0.15, 0.2) is 9.84 Å². The van der Waals surface area contributed by atoms with E-state index < -0.39 is 9.84 Å². The fraction of sp³-hybridized carbons (Fsp3) is 1.00. The maximum absolute atomic E-state index is 10.8. The van der Waals surface area contributed by atoms with Crippen molar-refractivity contribution >= 4 is 9.84 Å². The van der Waals surface area contributed by atoms with Crippen LogP contribution < -0.4 is 5.73 Å². The summed E-state index contributed by atoms with van der Waals surface area (Å²) in [4.78, 5) is 0. The van der Waals surface area contributed by atoms with Gasteiger partial charge in [-0.25, -0.2) is 8.42 Å². The molecule has 0 saturated carbocycles. The van der Waals surface area contributed by atoms with E-state index in [1.165, 1.54) is 0 Å². The first-order valence-corrected chi connectivity index (χ1v) is 4.67. The van der Waals surface area contributed by atoms with Gasteiger partial charge in [0.25, 0.3) is 0 Å². The van der Waals surface area contributed by atoms with E-state index in [4.69, 9.17) is 5.73 Å². The summed E-state index contributed by atoms with van der Waals surface area (Å²) in [7, 11) is -2.97. The second kappa shape index (κ2) is 3.17. The summed E-state index contributed by atoms with van der Waals surface area (Å²) in [5.74, 6) is -0.234. The molecule has 0 saturated heterocycles. The van der Waals surface area contributed by atoms with Crippen LogP contribution in [0.15, 0.2) is 0 Å². The van der Waals surface area contributed by atoms with Crippen LogP contribution in [0.2, 0.25) is 0 Å². The molecule has 0 aliphatic heterocycles. The third kappa shape index (κ3) is 2.32. The average molecular weight is 151 g/mol. The highest BCUT2D eigenvalue weighted by atomic mass is 32.2. The van der Waals surface area contributed by atoms with E-state index in [9.17, 15) is 8.42 Å². The molecule has 0 aliphatic rings. The Kier molecular flexibility index (Phi) is 3.14. The maximum atomic E-state index is 10.8. The van der Waals surface area contributed by atoms with Crippen LogP contribution in [-0.2, 0) is 9.84 Å². The monoisotopic (exact) mass is 151 g/mol. The molecule has 0 spiro atoms. The molecule has 1 unspecified atom stereocenters. The third-order valence-electron chi connectivity index (χ3n) is 1.42. The Balaban J connectivity index is 4.17. The predicted molar refractivity (Wildman–Crippen MR) is 37.7 cm³/mol. The quantitative estimate of drug-likeness (QED) is 0.623. The molecule has 2 N–H and O–H groups in total. The molecule has 56 valence electrons. The summed E-state index contributed by atoms with van der Waals surface area (Å²) in [6.45, 7) is 3.50. The van der Waals surface area contributed by atoms with Crippen LogP contribution >= 0.6 is 0 Å². The van der Waals surface area contributed by atoms with Crippen LogP contribution in [0.3, 0.4) is 0 Å². The first-order chi connectivity index (χ1) is 4.04. The van der Waals surface area contributed by atoms with Gasteiger partial charge in [-0.2, -0.15) is 0 Å². The molecule has 0 bridgehead atoms. The molecule has 0 fully saturated rings. The minimum absolute atomic E-state index is 0.234. The second-order valence-electron chi connectivity index (χ2n) is 2.05. The highest BCUT2D eigenvalue weighted by Crippen LogP contribution is 2.02. The lowest BCUT2D eigenvalue weighted by Crippen LogP contribution is -2.24. The van der Waals surface area contributed by atoms with Gasteiger partial charge in [-0.05, 0) is 13.3 Å². The van der Waals surface area contributed by atoms with Crippen molar-refractivity contribution in [3.8, 4) is 0 Å². The number of hydrogen-bond donors (Lipinski definition) is 1. The highest BCUT2D eigenvalue weighted by molar-refractivity contribution is 7.91. The Morgan fingerprint density at radius 2 is 2.00 bits per heavy atom. The molecule has 0 amide bonds. The molecule has 0 radical (unpaired) electrons. The molecule has 4 heteroatoms. The summed E-state index contributed by atoms with van der Waals surface area (Å²) in [6.07, 6.45) is 0.638. The summed E-state index contributed by atoms with van der Waals surface area (Å²) in [6, 6.07) is 0. The SMILES string of the molecule is CCC(C)S(=O)(=O)CN. The molecule has 1 atom stereocenters. The van der Waals surface area contributed by atoms with Gasteiger partial charge in [0.2, 0.25) is 0 Å². The molecule has 0 aromatic rings. The van der Waals surface area contributed by atoms with Crippen molar-refractivity contribution in [2.24, 2.45) is 5.73 Å². The Morgan fingerprint density at radius 3 is 2.11 bits per heavy atom. The molecular formula is C5H13NO2S. The van der Waals surface area contributed by atoms with Crippen molar-refractivity contribution in [3.05, 3.63) is 0 Å².